The zero-order valence-corrected chi connectivity index (χ0v) is 16.3. The van der Waals surface area contributed by atoms with Crippen LogP contribution in [0, 0.1) is 0 Å². The van der Waals surface area contributed by atoms with E-state index in [2.05, 4.69) is 20.8 Å². The zero-order chi connectivity index (χ0) is 15.9. The van der Waals surface area contributed by atoms with Gasteiger partial charge in [0.15, 0.2) is 11.7 Å². The van der Waals surface area contributed by atoms with Crippen molar-refractivity contribution in [3.05, 3.63) is 42.2 Å². The van der Waals surface area contributed by atoms with E-state index >= 15 is 0 Å². The third-order valence-corrected chi connectivity index (χ3v) is 4.23. The molecule has 1 saturated carbocycles. The van der Waals surface area contributed by atoms with Gasteiger partial charge in [0, 0.05) is 24.7 Å². The summed E-state index contributed by atoms with van der Waals surface area (Å²) in [6.07, 6.45) is 6.40. The fourth-order valence-corrected chi connectivity index (χ4v) is 2.95. The molecule has 0 spiro atoms. The monoisotopic (exact) mass is 440 g/mol. The van der Waals surface area contributed by atoms with Crippen LogP contribution in [0.15, 0.2) is 45.9 Å². The Hall–Kier alpha value is -1.57. The fourth-order valence-electron chi connectivity index (χ4n) is 2.95. The first-order chi connectivity index (χ1) is 11.3. The summed E-state index contributed by atoms with van der Waals surface area (Å²) in [5.41, 5.74) is 1.92. The SMILES string of the molecule is CN=C(NCc1cc(-c2ccccc2)no1)NC1CCCCC1.I. The van der Waals surface area contributed by atoms with E-state index in [1.807, 2.05) is 36.4 Å². The lowest BCUT2D eigenvalue weighted by Gasteiger charge is -2.24. The highest BCUT2D eigenvalue weighted by atomic mass is 127. The lowest BCUT2D eigenvalue weighted by atomic mass is 9.96. The Morgan fingerprint density at radius 1 is 1.21 bits per heavy atom. The molecule has 0 saturated heterocycles. The molecule has 0 atom stereocenters. The van der Waals surface area contributed by atoms with Crippen molar-refractivity contribution in [2.75, 3.05) is 7.05 Å². The smallest absolute Gasteiger partial charge is 0.191 e. The van der Waals surface area contributed by atoms with E-state index in [9.17, 15) is 0 Å². The molecule has 1 aliphatic rings. The average Bonchev–Trinajstić information content (AvgIpc) is 3.09. The third-order valence-electron chi connectivity index (χ3n) is 4.23. The molecule has 0 bridgehead atoms. The second-order valence-electron chi connectivity index (χ2n) is 5.95. The van der Waals surface area contributed by atoms with Crippen LogP contribution < -0.4 is 10.6 Å². The van der Waals surface area contributed by atoms with Gasteiger partial charge in [-0.2, -0.15) is 0 Å². The fraction of sp³-hybridized carbons (Fsp3) is 0.444. The van der Waals surface area contributed by atoms with Gasteiger partial charge in [0.25, 0.3) is 0 Å². The Bertz CT molecular complexity index is 635. The van der Waals surface area contributed by atoms with Gasteiger partial charge >= 0.3 is 0 Å². The second kappa shape index (κ2) is 9.66. The summed E-state index contributed by atoms with van der Waals surface area (Å²) in [7, 11) is 1.80. The van der Waals surface area contributed by atoms with Gasteiger partial charge in [0.1, 0.15) is 5.69 Å². The van der Waals surface area contributed by atoms with Crippen LogP contribution in [0.25, 0.3) is 11.3 Å². The summed E-state index contributed by atoms with van der Waals surface area (Å²) >= 11 is 0. The van der Waals surface area contributed by atoms with Crippen molar-refractivity contribution in [2.45, 2.75) is 44.7 Å². The van der Waals surface area contributed by atoms with E-state index in [1.54, 1.807) is 7.05 Å². The molecule has 0 radical (unpaired) electrons. The van der Waals surface area contributed by atoms with Gasteiger partial charge in [0.05, 0.1) is 6.54 Å². The summed E-state index contributed by atoms with van der Waals surface area (Å²) < 4.78 is 5.41. The first-order valence-corrected chi connectivity index (χ1v) is 8.33. The summed E-state index contributed by atoms with van der Waals surface area (Å²) in [6, 6.07) is 12.5. The predicted molar refractivity (Wildman–Crippen MR) is 108 cm³/mol. The molecule has 0 amide bonds. The largest absolute Gasteiger partial charge is 0.359 e. The molecular formula is C18H25IN4O. The third kappa shape index (κ3) is 5.22. The van der Waals surface area contributed by atoms with Crippen molar-refractivity contribution in [1.82, 2.24) is 15.8 Å². The van der Waals surface area contributed by atoms with Crippen LogP contribution in [-0.2, 0) is 6.54 Å². The minimum absolute atomic E-state index is 0. The number of benzene rings is 1. The van der Waals surface area contributed by atoms with Crippen molar-refractivity contribution < 1.29 is 4.52 Å². The van der Waals surface area contributed by atoms with E-state index in [4.69, 9.17) is 4.52 Å². The molecule has 6 heteroatoms. The number of nitrogens with one attached hydrogen (secondary N) is 2. The molecule has 2 N–H and O–H groups in total. The summed E-state index contributed by atoms with van der Waals surface area (Å²) in [5.74, 6) is 1.63. The molecule has 24 heavy (non-hydrogen) atoms. The van der Waals surface area contributed by atoms with Gasteiger partial charge in [-0.3, -0.25) is 4.99 Å². The summed E-state index contributed by atoms with van der Waals surface area (Å²) in [6.45, 7) is 0.576. The van der Waals surface area contributed by atoms with Crippen LogP contribution in [0.4, 0.5) is 0 Å². The molecule has 3 rings (SSSR count). The lowest BCUT2D eigenvalue weighted by molar-refractivity contribution is 0.379. The standard InChI is InChI=1S/C18H24N4O.HI/c1-19-18(21-15-10-6-3-7-11-15)20-13-16-12-17(22-23-16)14-8-4-2-5-9-14;/h2,4-5,8-9,12,15H,3,6-7,10-11,13H2,1H3,(H2,19,20,21);1H. The summed E-state index contributed by atoms with van der Waals surface area (Å²) in [5, 5.41) is 10.9. The first kappa shape index (κ1) is 18.8. The molecule has 0 aliphatic heterocycles. The van der Waals surface area contributed by atoms with Crippen LogP contribution in [0.5, 0.6) is 0 Å². The van der Waals surface area contributed by atoms with Crippen molar-refractivity contribution in [1.29, 1.82) is 0 Å². The van der Waals surface area contributed by atoms with E-state index in [1.165, 1.54) is 32.1 Å². The van der Waals surface area contributed by atoms with Crippen LogP contribution in [0.3, 0.4) is 0 Å². The van der Waals surface area contributed by atoms with Crippen LogP contribution in [-0.4, -0.2) is 24.2 Å². The van der Waals surface area contributed by atoms with Gasteiger partial charge in [-0.25, -0.2) is 0 Å². The Morgan fingerprint density at radius 3 is 2.67 bits per heavy atom. The lowest BCUT2D eigenvalue weighted by Crippen LogP contribution is -2.43. The van der Waals surface area contributed by atoms with Crippen LogP contribution in [0.1, 0.15) is 37.9 Å². The number of halogens is 1. The Kier molecular flexibility index (Phi) is 7.55. The van der Waals surface area contributed by atoms with Crippen LogP contribution in [0.2, 0.25) is 0 Å². The molecule has 130 valence electrons. The molecule has 1 aromatic carbocycles. The maximum Gasteiger partial charge on any atom is 0.191 e. The number of aliphatic imine (C=N–C) groups is 1. The van der Waals surface area contributed by atoms with Crippen molar-refractivity contribution in [3.63, 3.8) is 0 Å². The summed E-state index contributed by atoms with van der Waals surface area (Å²) in [4.78, 5) is 4.29. The van der Waals surface area contributed by atoms with E-state index in [0.717, 1.165) is 23.0 Å². The van der Waals surface area contributed by atoms with Crippen LogP contribution >= 0.6 is 24.0 Å². The Morgan fingerprint density at radius 2 is 1.96 bits per heavy atom. The molecule has 1 aliphatic carbocycles. The number of aromatic nitrogens is 1. The molecular weight excluding hydrogens is 415 g/mol. The number of rotatable bonds is 4. The van der Waals surface area contributed by atoms with E-state index in [-0.39, 0.29) is 24.0 Å². The molecule has 1 aromatic heterocycles. The average molecular weight is 440 g/mol. The minimum atomic E-state index is 0. The topological polar surface area (TPSA) is 62.5 Å². The molecule has 2 aromatic rings. The first-order valence-electron chi connectivity index (χ1n) is 8.33. The number of hydrogen-bond acceptors (Lipinski definition) is 3. The van der Waals surface area contributed by atoms with Crippen molar-refractivity contribution in [3.8, 4) is 11.3 Å². The minimum Gasteiger partial charge on any atom is -0.359 e. The van der Waals surface area contributed by atoms with Crippen molar-refractivity contribution in [2.24, 2.45) is 4.99 Å². The van der Waals surface area contributed by atoms with E-state index < -0.39 is 0 Å². The second-order valence-corrected chi connectivity index (χ2v) is 5.95. The van der Waals surface area contributed by atoms with Crippen molar-refractivity contribution >= 4 is 29.9 Å². The highest BCUT2D eigenvalue weighted by Gasteiger charge is 2.14. The number of hydrogen-bond donors (Lipinski definition) is 2. The Labute approximate surface area is 160 Å². The molecule has 1 fully saturated rings. The maximum absolute atomic E-state index is 5.41. The molecule has 5 nitrogen and oxygen atoms in total. The predicted octanol–water partition coefficient (Wildman–Crippen LogP) is 3.96. The number of nitrogens with zero attached hydrogens (tertiary/aromatic N) is 2. The van der Waals surface area contributed by atoms with Gasteiger partial charge in [-0.1, -0.05) is 54.8 Å². The van der Waals surface area contributed by atoms with Gasteiger partial charge in [-0.05, 0) is 12.8 Å². The van der Waals surface area contributed by atoms with E-state index in [0.29, 0.717) is 12.6 Å². The molecule has 1 heterocycles. The maximum atomic E-state index is 5.41. The number of guanidine groups is 1. The van der Waals surface area contributed by atoms with Gasteiger partial charge in [0.2, 0.25) is 0 Å². The quantitative estimate of drug-likeness (QED) is 0.429. The Balaban J connectivity index is 0.00000208. The molecule has 0 unspecified atom stereocenters. The zero-order valence-electron chi connectivity index (χ0n) is 14.0. The highest BCUT2D eigenvalue weighted by molar-refractivity contribution is 14.0. The van der Waals surface area contributed by atoms with Gasteiger partial charge < -0.3 is 15.2 Å². The highest BCUT2D eigenvalue weighted by Crippen LogP contribution is 2.19. The normalized spacial score (nSPS) is 15.6. The van der Waals surface area contributed by atoms with Gasteiger partial charge in [-0.15, -0.1) is 24.0 Å².